The van der Waals surface area contributed by atoms with Crippen molar-refractivity contribution in [2.75, 3.05) is 32.5 Å². The Hall–Kier alpha value is -3.48. The number of likely N-dealkylation sites (N-methyl/N-ethyl adjacent to an activating group) is 2. The quantitative estimate of drug-likeness (QED) is 0.0533. The van der Waals surface area contributed by atoms with Crippen molar-refractivity contribution in [2.45, 2.75) is 73.6 Å². The van der Waals surface area contributed by atoms with E-state index in [0.29, 0.717) is 7.05 Å². The summed E-state index contributed by atoms with van der Waals surface area (Å²) < 4.78 is 21.3. The molecule has 20 heteroatoms. The van der Waals surface area contributed by atoms with Gasteiger partial charge in [0, 0.05) is 31.4 Å². The van der Waals surface area contributed by atoms with Crippen LogP contribution in [-0.4, -0.2) is 143 Å². The Labute approximate surface area is 292 Å². The van der Waals surface area contributed by atoms with Crippen LogP contribution < -0.4 is 10.6 Å². The van der Waals surface area contributed by atoms with E-state index in [4.69, 9.17) is 12.6 Å². The molecular formula is C31H42BFN4O14. The minimum atomic E-state index is -4.66. The molecule has 1 amide bonds. The molecule has 1 fully saturated rings. The number of benzene rings is 2. The average Bonchev–Trinajstić information content (AvgIpc) is 3.01. The molecule has 0 aliphatic carbocycles. The van der Waals surface area contributed by atoms with Crippen LogP contribution in [0.2, 0.25) is 0 Å². The summed E-state index contributed by atoms with van der Waals surface area (Å²) in [6.45, 7) is 7.14. The normalized spacial score (nSPS) is 19.5. The summed E-state index contributed by atoms with van der Waals surface area (Å²) in [5, 5.41) is 113. The number of morpholine rings is 1. The molecule has 280 valence electrons. The van der Waals surface area contributed by atoms with E-state index < -0.39 is 91.2 Å². The van der Waals surface area contributed by atoms with Gasteiger partial charge in [-0.1, -0.05) is 18.2 Å². The third-order valence-electron chi connectivity index (χ3n) is 8.47. The first-order valence-corrected chi connectivity index (χ1v) is 15.1. The van der Waals surface area contributed by atoms with Gasteiger partial charge in [-0.25, -0.2) is 9.29 Å². The SMILES string of the molecule is [B]C(O)(c1ccc(F)c(C(O)(O)Nc2cccc(C=O)c2C(O)(O)N(C)C(O)(C(=O)NC)C(O)(O)C(O)(O)C=O)c1)N1CC(C)(C)OC(C)(C)C1. The predicted molar refractivity (Wildman–Crippen MR) is 172 cm³/mol. The van der Waals surface area contributed by atoms with Gasteiger partial charge in [-0.2, -0.15) is 0 Å². The fourth-order valence-electron chi connectivity index (χ4n) is 6.09. The van der Waals surface area contributed by atoms with Gasteiger partial charge in [-0.3, -0.25) is 19.3 Å². The van der Waals surface area contributed by atoms with Crippen molar-refractivity contribution >= 4 is 32.0 Å². The Balaban J connectivity index is 2.19. The maximum absolute atomic E-state index is 15.3. The van der Waals surface area contributed by atoms with Crippen LogP contribution in [0.5, 0.6) is 0 Å². The fraction of sp³-hybridized carbons (Fsp3) is 0.516. The number of anilines is 1. The minimum absolute atomic E-state index is 0.0229. The second-order valence-corrected chi connectivity index (χ2v) is 13.5. The lowest BCUT2D eigenvalue weighted by atomic mass is 9.79. The Morgan fingerprint density at radius 1 is 0.961 bits per heavy atom. The van der Waals surface area contributed by atoms with Crippen LogP contribution in [0.1, 0.15) is 54.7 Å². The Bertz CT molecular complexity index is 1650. The molecule has 3 rings (SSSR count). The molecule has 1 saturated heterocycles. The molecule has 1 aliphatic heterocycles. The van der Waals surface area contributed by atoms with Crippen LogP contribution in [0.4, 0.5) is 10.1 Å². The minimum Gasteiger partial charge on any atom is -0.381 e. The predicted octanol–water partition coefficient (Wildman–Crippen LogP) is -3.97. The highest BCUT2D eigenvalue weighted by Crippen LogP contribution is 2.42. The second kappa shape index (κ2) is 13.5. The van der Waals surface area contributed by atoms with Crippen molar-refractivity contribution in [3.05, 3.63) is 64.5 Å². The third kappa shape index (κ3) is 7.42. The summed E-state index contributed by atoms with van der Waals surface area (Å²) in [6, 6.07) is 5.45. The molecule has 0 aromatic heterocycles. The Morgan fingerprint density at radius 2 is 1.51 bits per heavy atom. The molecule has 2 aromatic rings. The first-order chi connectivity index (χ1) is 23.0. The number of carbonyl (C=O) groups is 3. The summed E-state index contributed by atoms with van der Waals surface area (Å²) in [5.74, 6) is -19.9. The number of rotatable bonds is 13. The van der Waals surface area contributed by atoms with E-state index in [9.17, 15) is 65.4 Å². The number of carbonyl (C=O) groups excluding carboxylic acids is 3. The zero-order valence-electron chi connectivity index (χ0n) is 28.5. The van der Waals surface area contributed by atoms with Crippen molar-refractivity contribution in [3.63, 3.8) is 0 Å². The first-order valence-electron chi connectivity index (χ1n) is 15.1. The van der Waals surface area contributed by atoms with Gasteiger partial charge < -0.3 is 66.4 Å². The highest BCUT2D eigenvalue weighted by molar-refractivity contribution is 6.14. The largest absolute Gasteiger partial charge is 0.381 e. The van der Waals surface area contributed by atoms with Crippen molar-refractivity contribution in [1.29, 1.82) is 0 Å². The van der Waals surface area contributed by atoms with Crippen LogP contribution >= 0.6 is 0 Å². The molecule has 18 nitrogen and oxygen atoms in total. The molecule has 51 heavy (non-hydrogen) atoms. The second-order valence-electron chi connectivity index (χ2n) is 13.5. The van der Waals surface area contributed by atoms with Crippen LogP contribution in [0.15, 0.2) is 36.4 Å². The van der Waals surface area contributed by atoms with Crippen LogP contribution in [0, 0.1) is 5.82 Å². The Morgan fingerprint density at radius 3 is 2.00 bits per heavy atom. The van der Waals surface area contributed by atoms with Crippen molar-refractivity contribution in [3.8, 4) is 0 Å². The molecule has 0 saturated carbocycles. The summed E-state index contributed by atoms with van der Waals surface area (Å²) >= 11 is 0. The van der Waals surface area contributed by atoms with Gasteiger partial charge in [0.15, 0.2) is 12.6 Å². The van der Waals surface area contributed by atoms with Gasteiger partial charge >= 0.3 is 0 Å². The summed E-state index contributed by atoms with van der Waals surface area (Å²) in [4.78, 5) is 37.2. The molecule has 2 radical (unpaired) electrons. The molecule has 12 N–H and O–H groups in total. The highest BCUT2D eigenvalue weighted by Gasteiger charge is 2.71. The van der Waals surface area contributed by atoms with Gasteiger partial charge in [-0.05, 0) is 58.5 Å². The maximum Gasteiger partial charge on any atom is 0.281 e. The van der Waals surface area contributed by atoms with E-state index in [1.807, 2.05) is 5.32 Å². The monoisotopic (exact) mass is 724 g/mol. The number of amides is 1. The van der Waals surface area contributed by atoms with Gasteiger partial charge in [0.25, 0.3) is 35.0 Å². The van der Waals surface area contributed by atoms with Crippen molar-refractivity contribution in [1.82, 2.24) is 15.1 Å². The number of nitrogens with one attached hydrogen (secondary N) is 2. The third-order valence-corrected chi connectivity index (χ3v) is 8.47. The number of hydrogen-bond donors (Lipinski definition) is 12. The zero-order chi connectivity index (χ0) is 39.4. The fourth-order valence-corrected chi connectivity index (χ4v) is 6.09. The Kier molecular flexibility index (Phi) is 11.1. The van der Waals surface area contributed by atoms with Crippen LogP contribution in [0.3, 0.4) is 0 Å². The van der Waals surface area contributed by atoms with E-state index >= 15 is 4.39 Å². The number of nitrogens with zero attached hydrogens (tertiary/aromatic N) is 2. The lowest BCUT2D eigenvalue weighted by Crippen LogP contribution is -2.80. The molecule has 2 aromatic carbocycles. The number of aldehydes is 2. The van der Waals surface area contributed by atoms with E-state index in [1.54, 1.807) is 33.0 Å². The molecule has 2 atom stereocenters. The van der Waals surface area contributed by atoms with E-state index in [0.717, 1.165) is 43.4 Å². The van der Waals surface area contributed by atoms with E-state index in [-0.39, 0.29) is 24.9 Å². The van der Waals surface area contributed by atoms with Crippen LogP contribution in [0.25, 0.3) is 0 Å². The molecule has 1 aliphatic rings. The lowest BCUT2D eigenvalue weighted by Gasteiger charge is -2.52. The van der Waals surface area contributed by atoms with E-state index in [1.165, 1.54) is 4.90 Å². The average molecular weight is 725 g/mol. The molecule has 0 spiro atoms. The topological polar surface area (TPSA) is 293 Å². The highest BCUT2D eigenvalue weighted by atomic mass is 19.1. The maximum atomic E-state index is 15.3. The first kappa shape index (κ1) is 41.9. The van der Waals surface area contributed by atoms with Crippen molar-refractivity contribution < 1.29 is 74.6 Å². The van der Waals surface area contributed by atoms with Gasteiger partial charge in [0.05, 0.1) is 28.0 Å². The summed E-state index contributed by atoms with van der Waals surface area (Å²) in [7, 11) is 7.51. The van der Waals surface area contributed by atoms with Gasteiger partial charge in [0.2, 0.25) is 0 Å². The van der Waals surface area contributed by atoms with Crippen molar-refractivity contribution in [2.24, 2.45) is 0 Å². The molecular weight excluding hydrogens is 682 g/mol. The molecule has 0 bridgehead atoms. The summed E-state index contributed by atoms with van der Waals surface area (Å²) in [5.41, 5.74) is -12.3. The van der Waals surface area contributed by atoms with Crippen LogP contribution in [-0.2, 0) is 31.8 Å². The van der Waals surface area contributed by atoms with Gasteiger partial charge in [0.1, 0.15) is 13.7 Å². The lowest BCUT2D eigenvalue weighted by molar-refractivity contribution is -0.435. The number of ether oxygens (including phenoxy) is 1. The molecule has 2 unspecified atom stereocenters. The number of aliphatic hydroxyl groups is 10. The zero-order valence-corrected chi connectivity index (χ0v) is 28.5. The smallest absolute Gasteiger partial charge is 0.281 e. The number of hydrogen-bond acceptors (Lipinski definition) is 17. The van der Waals surface area contributed by atoms with E-state index in [2.05, 4.69) is 0 Å². The summed E-state index contributed by atoms with van der Waals surface area (Å²) in [6.07, 6.45) is -0.930. The number of halogens is 1. The van der Waals surface area contributed by atoms with Gasteiger partial charge in [-0.15, -0.1) is 0 Å². The molecule has 1 heterocycles. The standard InChI is InChI=1S/C31H42BFN4O14/c1-24(2)14-37(15-25(3,4)51-24)28(32,44)18-10-11-20(33)19(12-18)29(45,46)35-21-9-7-8-17(13-38)22(21)30(47,48)36(6)27(43,23(40)34-5)31(49,50)26(41,42)16-39/h7-13,16,35,41-50H,14-15H2,1-6H3,(H,34,40).